The zero-order valence-electron chi connectivity index (χ0n) is 15.9. The van der Waals surface area contributed by atoms with Crippen LogP contribution < -0.4 is 20.7 Å². The molecule has 0 aliphatic rings. The second kappa shape index (κ2) is 13.9. The van der Waals surface area contributed by atoms with E-state index in [-0.39, 0.29) is 35.9 Å². The highest BCUT2D eigenvalue weighted by molar-refractivity contribution is 14.0. The number of rotatable bonds is 9. The van der Waals surface area contributed by atoms with Crippen molar-refractivity contribution in [2.24, 2.45) is 4.99 Å². The van der Waals surface area contributed by atoms with Gasteiger partial charge in [-0.25, -0.2) is 0 Å². The predicted molar refractivity (Wildman–Crippen MR) is 119 cm³/mol. The number of nitrogens with one attached hydrogen (secondary N) is 3. The molecule has 0 saturated heterocycles. The Morgan fingerprint density at radius 2 is 2.04 bits per heavy atom. The molecule has 0 spiro atoms. The van der Waals surface area contributed by atoms with Crippen LogP contribution in [0.1, 0.15) is 32.8 Å². The second-order valence-corrected chi connectivity index (χ2v) is 6.27. The minimum Gasteiger partial charge on any atom is -0.497 e. The van der Waals surface area contributed by atoms with Crippen molar-refractivity contribution in [1.82, 2.24) is 16.0 Å². The summed E-state index contributed by atoms with van der Waals surface area (Å²) in [6, 6.07) is 5.82. The maximum Gasteiger partial charge on any atom is 0.222 e. The Morgan fingerprint density at radius 3 is 2.62 bits per heavy atom. The van der Waals surface area contributed by atoms with E-state index in [0.717, 1.165) is 24.3 Å². The van der Waals surface area contributed by atoms with E-state index in [1.807, 2.05) is 39.0 Å². The van der Waals surface area contributed by atoms with Gasteiger partial charge in [0.1, 0.15) is 5.75 Å². The largest absolute Gasteiger partial charge is 0.497 e. The van der Waals surface area contributed by atoms with E-state index in [2.05, 4.69) is 20.9 Å². The summed E-state index contributed by atoms with van der Waals surface area (Å²) in [7, 11) is 1.62. The Bertz CT molecular complexity index is 582. The highest BCUT2D eigenvalue weighted by Crippen LogP contribution is 2.22. The number of carbonyl (C=O) groups excluding carboxylic acids is 1. The van der Waals surface area contributed by atoms with Crippen LogP contribution in [0.4, 0.5) is 0 Å². The molecule has 26 heavy (non-hydrogen) atoms. The number of hydrogen-bond acceptors (Lipinski definition) is 3. The molecular formula is C18H30ClIN4O2. The van der Waals surface area contributed by atoms with Gasteiger partial charge < -0.3 is 20.7 Å². The van der Waals surface area contributed by atoms with E-state index in [1.54, 1.807) is 7.11 Å². The van der Waals surface area contributed by atoms with Gasteiger partial charge in [-0.2, -0.15) is 0 Å². The molecule has 0 saturated carbocycles. The molecular weight excluding hydrogens is 467 g/mol. The number of guanidine groups is 1. The third kappa shape index (κ3) is 10.1. The van der Waals surface area contributed by atoms with Gasteiger partial charge in [0.25, 0.3) is 0 Å². The predicted octanol–water partition coefficient (Wildman–Crippen LogP) is 2.98. The Hall–Kier alpha value is -1.22. The second-order valence-electron chi connectivity index (χ2n) is 5.87. The summed E-state index contributed by atoms with van der Waals surface area (Å²) in [5.41, 5.74) is 1.04. The number of nitrogens with zero attached hydrogens (tertiary/aromatic N) is 1. The van der Waals surface area contributed by atoms with Gasteiger partial charge in [-0.05, 0) is 44.9 Å². The Balaban J connectivity index is 0.00000625. The molecule has 0 atom stereocenters. The number of ether oxygens (including phenoxy) is 1. The van der Waals surface area contributed by atoms with Gasteiger partial charge in [0, 0.05) is 30.6 Å². The summed E-state index contributed by atoms with van der Waals surface area (Å²) in [6.45, 7) is 7.78. The molecule has 0 aromatic heterocycles. The highest BCUT2D eigenvalue weighted by Gasteiger charge is 2.05. The monoisotopic (exact) mass is 496 g/mol. The molecule has 3 N–H and O–H groups in total. The van der Waals surface area contributed by atoms with Gasteiger partial charge in [-0.3, -0.25) is 9.79 Å². The molecule has 0 radical (unpaired) electrons. The average molecular weight is 497 g/mol. The van der Waals surface area contributed by atoms with E-state index in [9.17, 15) is 4.79 Å². The molecule has 1 aromatic rings. The minimum atomic E-state index is 0. The standard InChI is InChI=1S/C18H29ClN4O2.HI/c1-5-20-18(22-11-9-17(24)23-13(2)3)21-10-8-14-6-7-15(25-4)12-16(14)19;/h6-7,12-13H,5,8-11H2,1-4H3,(H,23,24)(H2,20,21,22);1H. The molecule has 6 nitrogen and oxygen atoms in total. The lowest BCUT2D eigenvalue weighted by atomic mass is 10.1. The zero-order valence-corrected chi connectivity index (χ0v) is 19.0. The lowest BCUT2D eigenvalue weighted by molar-refractivity contribution is -0.121. The van der Waals surface area contributed by atoms with Crippen molar-refractivity contribution < 1.29 is 9.53 Å². The fourth-order valence-corrected chi connectivity index (χ4v) is 2.44. The van der Waals surface area contributed by atoms with E-state index >= 15 is 0 Å². The smallest absolute Gasteiger partial charge is 0.222 e. The van der Waals surface area contributed by atoms with Crippen LogP contribution in [-0.4, -0.2) is 44.7 Å². The maximum atomic E-state index is 11.6. The topological polar surface area (TPSA) is 74.8 Å². The first-order valence-electron chi connectivity index (χ1n) is 8.60. The highest BCUT2D eigenvalue weighted by atomic mass is 127. The normalized spacial score (nSPS) is 10.9. The number of amides is 1. The third-order valence-corrected chi connectivity index (χ3v) is 3.70. The summed E-state index contributed by atoms with van der Waals surface area (Å²) >= 11 is 6.25. The minimum absolute atomic E-state index is 0. The van der Waals surface area contributed by atoms with Crippen molar-refractivity contribution in [3.63, 3.8) is 0 Å². The van der Waals surface area contributed by atoms with Crippen molar-refractivity contribution in [2.75, 3.05) is 26.7 Å². The summed E-state index contributed by atoms with van der Waals surface area (Å²) < 4.78 is 5.15. The van der Waals surface area contributed by atoms with E-state index in [1.165, 1.54) is 0 Å². The fourth-order valence-electron chi connectivity index (χ4n) is 2.18. The van der Waals surface area contributed by atoms with Gasteiger partial charge in [0.2, 0.25) is 5.91 Å². The summed E-state index contributed by atoms with van der Waals surface area (Å²) in [6.07, 6.45) is 1.14. The van der Waals surface area contributed by atoms with Crippen LogP contribution in [0, 0.1) is 0 Å². The first kappa shape index (κ1) is 24.8. The Labute approximate surface area is 178 Å². The van der Waals surface area contributed by atoms with Crippen molar-refractivity contribution in [3.8, 4) is 5.75 Å². The number of halogens is 2. The van der Waals surface area contributed by atoms with E-state index < -0.39 is 0 Å². The van der Waals surface area contributed by atoms with E-state index in [4.69, 9.17) is 16.3 Å². The Kier molecular flexibility index (Phi) is 13.3. The van der Waals surface area contributed by atoms with Crippen molar-refractivity contribution in [1.29, 1.82) is 0 Å². The van der Waals surface area contributed by atoms with Crippen LogP contribution in [0.15, 0.2) is 23.2 Å². The molecule has 1 aromatic carbocycles. The van der Waals surface area contributed by atoms with Crippen LogP contribution >= 0.6 is 35.6 Å². The van der Waals surface area contributed by atoms with Crippen molar-refractivity contribution in [3.05, 3.63) is 28.8 Å². The van der Waals surface area contributed by atoms with Crippen LogP contribution in [-0.2, 0) is 11.2 Å². The molecule has 1 amide bonds. The molecule has 1 rings (SSSR count). The molecule has 0 fully saturated rings. The van der Waals surface area contributed by atoms with E-state index in [0.29, 0.717) is 30.5 Å². The number of benzene rings is 1. The van der Waals surface area contributed by atoms with Crippen LogP contribution in [0.25, 0.3) is 0 Å². The molecule has 8 heteroatoms. The zero-order chi connectivity index (χ0) is 18.7. The fraction of sp³-hybridized carbons (Fsp3) is 0.556. The third-order valence-electron chi connectivity index (χ3n) is 3.35. The molecule has 0 aliphatic carbocycles. The van der Waals surface area contributed by atoms with Gasteiger partial charge in [-0.1, -0.05) is 17.7 Å². The average Bonchev–Trinajstić information content (AvgIpc) is 2.55. The molecule has 0 heterocycles. The SMILES string of the molecule is CCNC(=NCCC(=O)NC(C)C)NCCc1ccc(OC)cc1Cl.I. The lowest BCUT2D eigenvalue weighted by Gasteiger charge is -2.12. The summed E-state index contributed by atoms with van der Waals surface area (Å²) in [4.78, 5) is 16.1. The Morgan fingerprint density at radius 1 is 1.31 bits per heavy atom. The molecule has 0 unspecified atom stereocenters. The first-order chi connectivity index (χ1) is 12.0. The summed E-state index contributed by atoms with van der Waals surface area (Å²) in [5, 5.41) is 9.97. The number of carbonyl (C=O) groups is 1. The molecule has 0 bridgehead atoms. The molecule has 0 aliphatic heterocycles. The van der Waals surface area contributed by atoms with Gasteiger partial charge in [-0.15, -0.1) is 24.0 Å². The quantitative estimate of drug-likeness (QED) is 0.279. The summed E-state index contributed by atoms with van der Waals surface area (Å²) in [5.74, 6) is 1.46. The first-order valence-corrected chi connectivity index (χ1v) is 8.98. The van der Waals surface area contributed by atoms with Gasteiger partial charge >= 0.3 is 0 Å². The number of hydrogen-bond donors (Lipinski definition) is 3. The van der Waals surface area contributed by atoms with Crippen molar-refractivity contribution >= 4 is 47.4 Å². The number of methoxy groups -OCH3 is 1. The van der Waals surface area contributed by atoms with Crippen LogP contribution in [0.5, 0.6) is 5.75 Å². The maximum absolute atomic E-state index is 11.6. The van der Waals surface area contributed by atoms with Crippen LogP contribution in [0.2, 0.25) is 5.02 Å². The van der Waals surface area contributed by atoms with Gasteiger partial charge in [0.15, 0.2) is 5.96 Å². The number of aliphatic imine (C=N–C) groups is 1. The van der Waals surface area contributed by atoms with Gasteiger partial charge in [0.05, 0.1) is 13.7 Å². The molecule has 148 valence electrons. The van der Waals surface area contributed by atoms with Crippen molar-refractivity contribution in [2.45, 2.75) is 39.7 Å². The van der Waals surface area contributed by atoms with Crippen LogP contribution in [0.3, 0.4) is 0 Å². The lowest BCUT2D eigenvalue weighted by Crippen LogP contribution is -2.38.